The molecule has 0 N–H and O–H groups in total. The van der Waals surface area contributed by atoms with Crippen LogP contribution in [-0.2, 0) is 24.3 Å². The van der Waals surface area contributed by atoms with Gasteiger partial charge in [0.1, 0.15) is 5.60 Å². The highest BCUT2D eigenvalue weighted by Gasteiger charge is 2.56. The van der Waals surface area contributed by atoms with Crippen LogP contribution >= 0.6 is 11.6 Å². The molecule has 2 aliphatic carbocycles. The van der Waals surface area contributed by atoms with Gasteiger partial charge in [0.25, 0.3) is 0 Å². The van der Waals surface area contributed by atoms with Gasteiger partial charge < -0.3 is 4.74 Å². The van der Waals surface area contributed by atoms with E-state index in [0.717, 1.165) is 51.4 Å². The van der Waals surface area contributed by atoms with E-state index < -0.39 is 21.2 Å². The molecule has 1 saturated heterocycles. The lowest BCUT2D eigenvalue weighted by molar-refractivity contribution is -0.531. The lowest BCUT2D eigenvalue weighted by atomic mass is 9.63. The lowest BCUT2D eigenvalue weighted by Gasteiger charge is -2.53. The van der Waals surface area contributed by atoms with Gasteiger partial charge >= 0.3 is 0 Å². The molecule has 0 bridgehead atoms. The van der Waals surface area contributed by atoms with E-state index in [2.05, 4.69) is 41.5 Å². The van der Waals surface area contributed by atoms with Gasteiger partial charge in [0, 0.05) is 16.9 Å². The summed E-state index contributed by atoms with van der Waals surface area (Å²) >= 11 is 5.97. The zero-order valence-electron chi connectivity index (χ0n) is 24.5. The second-order valence-electron chi connectivity index (χ2n) is 14.7. The Morgan fingerprint density at radius 2 is 1.24 bits per heavy atom. The van der Waals surface area contributed by atoms with Crippen LogP contribution in [0.2, 0.25) is 5.02 Å². The third-order valence-electron chi connectivity index (χ3n) is 9.69. The smallest absolute Gasteiger partial charge is 0.207 e. The van der Waals surface area contributed by atoms with Crippen LogP contribution in [0.3, 0.4) is 0 Å². The highest BCUT2D eigenvalue weighted by atomic mass is 35.5. The minimum atomic E-state index is -3.61. The Bertz CT molecular complexity index is 993. The zero-order valence-corrected chi connectivity index (χ0v) is 26.1. The van der Waals surface area contributed by atoms with Crippen LogP contribution in [0.4, 0.5) is 0 Å². The molecule has 0 aromatic heterocycles. The van der Waals surface area contributed by atoms with Crippen LogP contribution in [0.5, 0.6) is 0 Å². The molecule has 5 nitrogen and oxygen atoms in total. The van der Waals surface area contributed by atoms with Gasteiger partial charge in [-0.25, -0.2) is 13.3 Å². The molecule has 1 aromatic carbocycles. The molecule has 216 valence electrons. The molecule has 4 rings (SSSR count). The fraction of sp³-hybridized carbons (Fsp3) is 0.806. The molecule has 38 heavy (non-hydrogen) atoms. The van der Waals surface area contributed by atoms with Crippen LogP contribution < -0.4 is 0 Å². The molecule has 1 atom stereocenters. The number of ether oxygens (including phenoxy) is 1. The van der Waals surface area contributed by atoms with Crippen molar-refractivity contribution in [2.24, 2.45) is 34.5 Å². The number of benzene rings is 1. The van der Waals surface area contributed by atoms with Gasteiger partial charge in [0.15, 0.2) is 9.84 Å². The second kappa shape index (κ2) is 11.0. The van der Waals surface area contributed by atoms with Crippen molar-refractivity contribution in [3.63, 3.8) is 0 Å². The van der Waals surface area contributed by atoms with Crippen LogP contribution in [0, 0.1) is 34.5 Å². The third kappa shape index (κ3) is 6.62. The Morgan fingerprint density at radius 1 is 0.789 bits per heavy atom. The quantitative estimate of drug-likeness (QED) is 0.335. The average molecular weight is 569 g/mol. The third-order valence-corrected chi connectivity index (χ3v) is 11.9. The summed E-state index contributed by atoms with van der Waals surface area (Å²) in [6.45, 7) is 16.0. The van der Waals surface area contributed by atoms with Crippen molar-refractivity contribution < 1.29 is 22.9 Å². The van der Waals surface area contributed by atoms with Crippen LogP contribution in [0.1, 0.15) is 99.8 Å². The maximum atomic E-state index is 13.2. The van der Waals surface area contributed by atoms with Gasteiger partial charge in [0.05, 0.1) is 17.3 Å². The SMILES string of the molecule is CC1(CS(=O)(=O)c2ccc(Cl)cc2)COC(C2CCC(C(C)(C)C)CC2)(C2CCC(C(C)(C)C)CC2)OO1. The molecule has 0 amide bonds. The van der Waals surface area contributed by atoms with E-state index in [4.69, 9.17) is 26.1 Å². The molecule has 1 aliphatic heterocycles. The summed E-state index contributed by atoms with van der Waals surface area (Å²) in [6.07, 6.45) is 8.80. The van der Waals surface area contributed by atoms with Crippen molar-refractivity contribution in [1.82, 2.24) is 0 Å². The van der Waals surface area contributed by atoms with Crippen molar-refractivity contribution >= 4 is 21.4 Å². The van der Waals surface area contributed by atoms with Gasteiger partial charge in [0.2, 0.25) is 5.79 Å². The van der Waals surface area contributed by atoms with Gasteiger partial charge in [-0.15, -0.1) is 0 Å². The first-order valence-corrected chi connectivity index (χ1v) is 16.6. The Hall–Kier alpha value is -0.660. The Labute approximate surface area is 236 Å². The number of sulfone groups is 1. The Balaban J connectivity index is 1.51. The number of rotatable bonds is 5. The molecule has 2 saturated carbocycles. The van der Waals surface area contributed by atoms with Crippen molar-refractivity contribution in [3.8, 4) is 0 Å². The molecular formula is C31H49ClO5S. The molecule has 7 heteroatoms. The van der Waals surface area contributed by atoms with Crippen LogP contribution in [-0.4, -0.2) is 32.2 Å². The largest absolute Gasteiger partial charge is 0.344 e. The predicted octanol–water partition coefficient (Wildman–Crippen LogP) is 8.25. The summed E-state index contributed by atoms with van der Waals surface area (Å²) in [6, 6.07) is 6.27. The van der Waals surface area contributed by atoms with Gasteiger partial charge in [-0.3, -0.25) is 0 Å². The number of hydrogen-bond donors (Lipinski definition) is 0. The first-order chi connectivity index (χ1) is 17.5. The molecule has 0 radical (unpaired) electrons. The normalized spacial score (nSPS) is 35.7. The summed E-state index contributed by atoms with van der Waals surface area (Å²) in [5.74, 6) is 0.836. The average Bonchev–Trinajstić information content (AvgIpc) is 2.84. The Kier molecular flexibility index (Phi) is 8.74. The minimum Gasteiger partial charge on any atom is -0.344 e. The molecule has 0 spiro atoms. The topological polar surface area (TPSA) is 61.8 Å². The van der Waals surface area contributed by atoms with Crippen LogP contribution in [0.15, 0.2) is 29.2 Å². The van der Waals surface area contributed by atoms with Gasteiger partial charge in [-0.2, -0.15) is 4.89 Å². The lowest BCUT2D eigenvalue weighted by Crippen LogP contribution is -2.60. The van der Waals surface area contributed by atoms with Crippen LogP contribution in [0.25, 0.3) is 0 Å². The van der Waals surface area contributed by atoms with E-state index in [1.54, 1.807) is 19.1 Å². The molecular weight excluding hydrogens is 520 g/mol. The van der Waals surface area contributed by atoms with Gasteiger partial charge in [-0.1, -0.05) is 53.1 Å². The first-order valence-electron chi connectivity index (χ1n) is 14.5. The summed E-state index contributed by atoms with van der Waals surface area (Å²) in [7, 11) is -3.61. The molecule has 3 aliphatic rings. The predicted molar refractivity (Wildman–Crippen MR) is 153 cm³/mol. The maximum absolute atomic E-state index is 13.2. The second-order valence-corrected chi connectivity index (χ2v) is 17.1. The highest BCUT2D eigenvalue weighted by molar-refractivity contribution is 7.91. The fourth-order valence-corrected chi connectivity index (χ4v) is 8.88. The summed E-state index contributed by atoms with van der Waals surface area (Å²) in [5, 5.41) is 0.503. The van der Waals surface area contributed by atoms with Crippen molar-refractivity contribution in [2.75, 3.05) is 12.4 Å². The van der Waals surface area contributed by atoms with Crippen molar-refractivity contribution in [2.45, 2.75) is 116 Å². The van der Waals surface area contributed by atoms with E-state index in [0.29, 0.717) is 27.7 Å². The van der Waals surface area contributed by atoms with E-state index in [1.807, 2.05) is 0 Å². The highest BCUT2D eigenvalue weighted by Crippen LogP contribution is 2.53. The first kappa shape index (κ1) is 30.3. The summed E-state index contributed by atoms with van der Waals surface area (Å²) in [4.78, 5) is 12.7. The zero-order chi connectivity index (χ0) is 28.0. The molecule has 1 heterocycles. The van der Waals surface area contributed by atoms with E-state index in [9.17, 15) is 8.42 Å². The molecule has 3 fully saturated rings. The summed E-state index contributed by atoms with van der Waals surface area (Å²) in [5.41, 5.74) is -0.502. The van der Waals surface area contributed by atoms with E-state index >= 15 is 0 Å². The summed E-state index contributed by atoms with van der Waals surface area (Å²) < 4.78 is 33.2. The molecule has 1 aromatic rings. The standard InChI is InChI=1S/C31H49ClO5S/c1-28(2,3)22-8-12-24(13-9-22)31(25-14-10-23(11-15-25)29(4,5)6)35-20-30(7,36-37-31)21-38(33,34)27-18-16-26(32)17-19-27/h16-19,22-25H,8-15,20-21H2,1-7H3. The van der Waals surface area contributed by atoms with Gasteiger partial charge in [-0.05, 0) is 105 Å². The number of hydrogen-bond acceptors (Lipinski definition) is 5. The van der Waals surface area contributed by atoms with Crippen molar-refractivity contribution in [1.29, 1.82) is 0 Å². The monoisotopic (exact) mass is 568 g/mol. The minimum absolute atomic E-state index is 0.193. The van der Waals surface area contributed by atoms with E-state index in [1.165, 1.54) is 12.1 Å². The molecule has 1 unspecified atom stereocenters. The fourth-order valence-electron chi connectivity index (χ4n) is 7.10. The van der Waals surface area contributed by atoms with E-state index in [-0.39, 0.29) is 29.1 Å². The van der Waals surface area contributed by atoms with Crippen molar-refractivity contribution in [3.05, 3.63) is 29.3 Å². The Morgan fingerprint density at radius 3 is 1.61 bits per heavy atom. The maximum Gasteiger partial charge on any atom is 0.207 e. The number of halogens is 1.